The van der Waals surface area contributed by atoms with Crippen LogP contribution in [0.3, 0.4) is 0 Å². The van der Waals surface area contributed by atoms with Crippen molar-refractivity contribution in [2.45, 2.75) is 94.4 Å². The van der Waals surface area contributed by atoms with Gasteiger partial charge < -0.3 is 60.0 Å². The summed E-state index contributed by atoms with van der Waals surface area (Å²) < 4.78 is 121. The summed E-state index contributed by atoms with van der Waals surface area (Å²) in [5.41, 5.74) is 2.97. The number of rotatable bonds is 12. The fourth-order valence-corrected chi connectivity index (χ4v) is 6.93. The average molecular weight is 1240 g/mol. The van der Waals surface area contributed by atoms with Crippen LogP contribution in [0.5, 0.6) is 0 Å². The number of benzene rings is 4. The summed E-state index contributed by atoms with van der Waals surface area (Å²) in [5.74, 6) is -8.88. The van der Waals surface area contributed by atoms with Crippen molar-refractivity contribution in [1.82, 2.24) is 0 Å². The number of hydrogen-bond donors (Lipinski definition) is 1. The molecule has 2 aliphatic carbocycles. The van der Waals surface area contributed by atoms with Crippen molar-refractivity contribution >= 4 is 65.1 Å². The number of carbonyl (C=O) groups is 4. The van der Waals surface area contributed by atoms with Crippen molar-refractivity contribution in [3.63, 3.8) is 0 Å². The van der Waals surface area contributed by atoms with E-state index in [0.29, 0.717) is 22.3 Å². The summed E-state index contributed by atoms with van der Waals surface area (Å²) in [7, 11) is 6.22. The van der Waals surface area contributed by atoms with Crippen molar-refractivity contribution < 1.29 is 128 Å². The van der Waals surface area contributed by atoms with Gasteiger partial charge in [-0.2, -0.15) is 12.7 Å². The SMILES string of the molecule is C.C=CB1OC(C)(C)C(C)(C)O1.C=Cc1ccccc1C(=O)OC.COC(=O)C(F)(F)SF.COC(=O)c1ccccc1Br.COC(OC)c1ccccc1C1CC1(F)F.O.O.O.O=C(O)c1ccccc1C1CC1(F)F.O=O.[Li+].[OH-]. The molecule has 0 spiro atoms. The average Bonchev–Trinajstić information content (AvgIpc) is 4.24. The Hall–Kier alpha value is -5.48. The Bertz CT molecular complexity index is 2500. The van der Waals surface area contributed by atoms with Crippen molar-refractivity contribution in [3.8, 4) is 0 Å². The van der Waals surface area contributed by atoms with Gasteiger partial charge in [-0.25, -0.2) is 36.7 Å². The molecule has 0 amide bonds. The van der Waals surface area contributed by atoms with Crippen LogP contribution in [0.15, 0.2) is 121 Å². The van der Waals surface area contributed by atoms with Crippen molar-refractivity contribution in [1.29, 1.82) is 0 Å². The maximum atomic E-state index is 13.1. The minimum Gasteiger partial charge on any atom is -0.870 e. The first-order chi connectivity index (χ1) is 35.1. The molecule has 1 heterocycles. The molecule has 7 rings (SSSR count). The Labute approximate surface area is 490 Å². The Morgan fingerprint density at radius 1 is 0.691 bits per heavy atom. The third-order valence-corrected chi connectivity index (χ3v) is 12.2. The summed E-state index contributed by atoms with van der Waals surface area (Å²) >= 11 is 1.89. The summed E-state index contributed by atoms with van der Waals surface area (Å²) in [6.07, 6.45) is 0.737. The van der Waals surface area contributed by atoms with E-state index in [1.165, 1.54) is 46.6 Å². The van der Waals surface area contributed by atoms with E-state index in [4.69, 9.17) is 33.8 Å². The smallest absolute Gasteiger partial charge is 0.870 e. The molecule has 18 nitrogen and oxygen atoms in total. The molecule has 1 saturated heterocycles. The number of carboxylic acid groups (broad SMARTS) is 1. The van der Waals surface area contributed by atoms with Crippen LogP contribution in [0, 0.1) is 9.93 Å². The number of ether oxygens (including phenoxy) is 5. The first kappa shape index (κ1) is 86.8. The summed E-state index contributed by atoms with van der Waals surface area (Å²) in [5, 5.41) is 4.71. The van der Waals surface area contributed by atoms with Crippen LogP contribution in [0.4, 0.5) is 30.2 Å². The standard InChI is InChI=1S/C12H14F2O2.C10H8F2O2.C10H10O2.C8H15BO2.C8H7BrO2.C3H3F3O2S.CH4.Li.O2.4H2O/c1-15-11(16-2)9-6-4-3-5-8(9)10-7-12(10,13)14;11-10(12)5-8(10)6-3-1-2-4-7(6)9(13)14;1-3-8-6-4-5-7-9(8)10(11)12-2;1-6-9-10-7(2,3)8(4,5)11-9;1-11-8(10)6-4-2-3-5-7(6)9;1-8-2(7)3(4,5)9-6;;;1-2;;;;/h3-6,10-11H,7H2,1-2H3;1-4,8H,5H2,(H,13,14);3-7H,1H2,2H3;6H,1H2,2-5H3;2-5H,1H3;1H3;1H4;;;4*1H2/q;;;;;;;+1;;;;;/p-1. The molecule has 81 heavy (non-hydrogen) atoms. The zero-order chi connectivity index (χ0) is 57.5. The minimum atomic E-state index is -4.06. The molecule has 4 aromatic carbocycles. The van der Waals surface area contributed by atoms with Crippen molar-refractivity contribution in [2.75, 3.05) is 35.5 Å². The number of carboxylic acids is 1. The van der Waals surface area contributed by atoms with E-state index in [0.717, 1.165) is 17.1 Å². The van der Waals surface area contributed by atoms with Gasteiger partial charge in [0.1, 0.15) is 12.1 Å². The van der Waals surface area contributed by atoms with Crippen LogP contribution >= 0.6 is 28.1 Å². The second-order valence-electron chi connectivity index (χ2n) is 16.6. The summed E-state index contributed by atoms with van der Waals surface area (Å²) in [6.45, 7) is 15.3. The number of alkyl halides is 6. The normalized spacial score (nSPS) is 16.0. The van der Waals surface area contributed by atoms with Gasteiger partial charge in [0, 0.05) is 47.0 Å². The van der Waals surface area contributed by atoms with E-state index in [-0.39, 0.29) is 102 Å². The molecule has 0 radical (unpaired) electrons. The maximum absolute atomic E-state index is 13.1. The Kier molecular flexibility index (Phi) is 42.7. The van der Waals surface area contributed by atoms with E-state index in [1.54, 1.807) is 72.7 Å². The maximum Gasteiger partial charge on any atom is 1.00 e. The largest absolute Gasteiger partial charge is 1.00 e. The molecule has 2 atom stereocenters. The predicted octanol–water partition coefficient (Wildman–Crippen LogP) is 8.19. The van der Waals surface area contributed by atoms with E-state index in [9.17, 15) is 49.4 Å². The zero-order valence-corrected chi connectivity index (χ0v) is 47.6. The number of methoxy groups -OCH3 is 5. The van der Waals surface area contributed by atoms with Crippen LogP contribution in [-0.2, 0) is 37.8 Å². The van der Waals surface area contributed by atoms with Gasteiger partial charge in [0.15, 0.2) is 6.29 Å². The van der Waals surface area contributed by atoms with Crippen LogP contribution in [-0.4, -0.2) is 122 Å². The Balaban J connectivity index is -0.000000206. The van der Waals surface area contributed by atoms with Gasteiger partial charge >= 0.3 is 55.1 Å². The van der Waals surface area contributed by atoms with Gasteiger partial charge in [0.2, 0.25) is 0 Å². The quantitative estimate of drug-likeness (QED) is 0.0459. The molecular formula is C52H68BBrF7LiO18S. The molecule has 2 saturated carbocycles. The first-order valence-corrected chi connectivity index (χ1v) is 23.4. The molecule has 0 bridgehead atoms. The fourth-order valence-electron chi connectivity index (χ4n) is 6.33. The molecule has 1 aliphatic heterocycles. The fraction of sp³-hybridized carbons (Fsp3) is 0.385. The van der Waals surface area contributed by atoms with Crippen LogP contribution < -0.4 is 18.9 Å². The van der Waals surface area contributed by atoms with Crippen LogP contribution in [0.25, 0.3) is 6.08 Å². The number of hydrogen-bond acceptors (Lipinski definition) is 15. The van der Waals surface area contributed by atoms with Gasteiger partial charge in [-0.3, -0.25) is 0 Å². The van der Waals surface area contributed by atoms with E-state index in [2.05, 4.69) is 43.3 Å². The van der Waals surface area contributed by atoms with Gasteiger partial charge in [0.05, 0.1) is 61.1 Å². The predicted molar refractivity (Wildman–Crippen MR) is 293 cm³/mol. The zero-order valence-electron chi connectivity index (χ0n) is 45.2. The van der Waals surface area contributed by atoms with E-state index in [1.807, 2.05) is 45.9 Å². The Morgan fingerprint density at radius 2 is 1.06 bits per heavy atom. The van der Waals surface area contributed by atoms with E-state index >= 15 is 0 Å². The van der Waals surface area contributed by atoms with Gasteiger partial charge in [-0.05, 0) is 84.6 Å². The molecule has 29 heteroatoms. The van der Waals surface area contributed by atoms with Gasteiger partial charge in [0.25, 0.3) is 11.8 Å². The first-order valence-electron chi connectivity index (χ1n) is 21.9. The molecule has 3 aliphatic rings. The molecule has 8 N–H and O–H groups in total. The third-order valence-electron chi connectivity index (χ3n) is 11.1. The number of esters is 3. The van der Waals surface area contributed by atoms with Crippen LogP contribution in [0.2, 0.25) is 0 Å². The molecule has 0 aromatic heterocycles. The summed E-state index contributed by atoms with van der Waals surface area (Å²) in [6, 6.07) is 27.3. The number of carbonyl (C=O) groups excluding carboxylic acids is 3. The second-order valence-corrected chi connectivity index (χ2v) is 18.1. The van der Waals surface area contributed by atoms with Gasteiger partial charge in [-0.1, -0.05) is 98.9 Å². The van der Waals surface area contributed by atoms with Crippen molar-refractivity contribution in [2.24, 2.45) is 0 Å². The van der Waals surface area contributed by atoms with E-state index < -0.39 is 59.3 Å². The topological polar surface area (TPSA) is 312 Å². The minimum absolute atomic E-state index is 0. The van der Waals surface area contributed by atoms with Crippen LogP contribution in [0.1, 0.15) is 119 Å². The molecular weight excluding hydrogens is 1180 g/mol. The molecule has 2 unspecified atom stereocenters. The molecule has 4 aromatic rings. The van der Waals surface area contributed by atoms with Crippen molar-refractivity contribution in [3.05, 3.63) is 170 Å². The number of halogens is 8. The van der Waals surface area contributed by atoms with Gasteiger partial charge in [-0.15, -0.1) is 6.58 Å². The Morgan fingerprint density at radius 3 is 1.41 bits per heavy atom. The number of aromatic carboxylic acids is 1. The third kappa shape index (κ3) is 26.1. The molecule has 450 valence electrons. The monoisotopic (exact) mass is 1240 g/mol. The summed E-state index contributed by atoms with van der Waals surface area (Å²) in [4.78, 5) is 56.7. The second kappa shape index (κ2) is 39.9. The molecule has 3 fully saturated rings.